The molecule has 2 rings (SSSR count). The molecule has 0 spiro atoms. The number of hydrogen-bond acceptors (Lipinski definition) is 2. The third-order valence-corrected chi connectivity index (χ3v) is 2.46. The van der Waals surface area contributed by atoms with Crippen molar-refractivity contribution in [2.24, 2.45) is 5.92 Å². The van der Waals surface area contributed by atoms with Gasteiger partial charge in [0, 0.05) is 19.6 Å². The molecule has 0 aromatic heterocycles. The molecular weight excluding hydrogens is 126 g/mol. The van der Waals surface area contributed by atoms with Crippen LogP contribution in [0.2, 0.25) is 0 Å². The van der Waals surface area contributed by atoms with Crippen molar-refractivity contribution in [1.82, 2.24) is 4.90 Å². The second-order valence-corrected chi connectivity index (χ2v) is 3.59. The number of nitrogens with zero attached hydrogens (tertiary/aromatic N) is 1. The molecule has 2 fully saturated rings. The molecule has 10 heavy (non-hydrogen) atoms. The molecule has 0 aromatic carbocycles. The van der Waals surface area contributed by atoms with Crippen molar-refractivity contribution in [1.29, 1.82) is 0 Å². The van der Waals surface area contributed by atoms with E-state index in [4.69, 9.17) is 4.74 Å². The van der Waals surface area contributed by atoms with Gasteiger partial charge in [-0.15, -0.1) is 0 Å². The molecule has 0 amide bonds. The van der Waals surface area contributed by atoms with Gasteiger partial charge < -0.3 is 4.74 Å². The molecule has 58 valence electrons. The molecule has 2 nitrogen and oxygen atoms in total. The molecule has 3 unspecified atom stereocenters. The fourth-order valence-corrected chi connectivity index (χ4v) is 2.05. The summed E-state index contributed by atoms with van der Waals surface area (Å²) >= 11 is 0. The molecular formula is C8H15NO. The van der Waals surface area contributed by atoms with Gasteiger partial charge in [-0.05, 0) is 12.3 Å². The first kappa shape index (κ1) is 6.62. The lowest BCUT2D eigenvalue weighted by molar-refractivity contribution is -0.0691. The highest BCUT2D eigenvalue weighted by molar-refractivity contribution is 4.80. The molecule has 0 aromatic rings. The number of rotatable bonds is 0. The maximum Gasteiger partial charge on any atom is 0.0705 e. The summed E-state index contributed by atoms with van der Waals surface area (Å²) in [6.07, 6.45) is 1.83. The lowest BCUT2D eigenvalue weighted by Gasteiger charge is -2.40. The Labute approximate surface area is 62.2 Å². The van der Waals surface area contributed by atoms with Gasteiger partial charge in [0.05, 0.1) is 12.7 Å². The van der Waals surface area contributed by atoms with E-state index in [2.05, 4.69) is 11.8 Å². The Balaban J connectivity index is 1.98. The minimum atomic E-state index is 0.553. The topological polar surface area (TPSA) is 12.5 Å². The summed E-state index contributed by atoms with van der Waals surface area (Å²) in [5.41, 5.74) is 0. The minimum absolute atomic E-state index is 0.553. The van der Waals surface area contributed by atoms with Gasteiger partial charge in [0.2, 0.25) is 0 Å². The Kier molecular flexibility index (Phi) is 1.66. The fraction of sp³-hybridized carbons (Fsp3) is 1.00. The van der Waals surface area contributed by atoms with Crippen LogP contribution in [0.5, 0.6) is 0 Å². The van der Waals surface area contributed by atoms with E-state index >= 15 is 0 Å². The summed E-state index contributed by atoms with van der Waals surface area (Å²) in [5.74, 6) is 0.846. The van der Waals surface area contributed by atoms with E-state index in [1.54, 1.807) is 0 Å². The summed E-state index contributed by atoms with van der Waals surface area (Å²) in [6.45, 7) is 6.90. The van der Waals surface area contributed by atoms with Crippen LogP contribution in [0.25, 0.3) is 0 Å². The Morgan fingerprint density at radius 1 is 1.40 bits per heavy atom. The van der Waals surface area contributed by atoms with Crippen LogP contribution in [0, 0.1) is 5.92 Å². The van der Waals surface area contributed by atoms with Gasteiger partial charge in [-0.25, -0.2) is 0 Å². The Morgan fingerprint density at radius 3 is 3.10 bits per heavy atom. The summed E-state index contributed by atoms with van der Waals surface area (Å²) in [6, 6.07) is 0. The zero-order valence-corrected chi connectivity index (χ0v) is 6.55. The lowest BCUT2D eigenvalue weighted by Crippen LogP contribution is -2.49. The van der Waals surface area contributed by atoms with Crippen molar-refractivity contribution in [3.63, 3.8) is 0 Å². The second-order valence-electron chi connectivity index (χ2n) is 3.59. The Hall–Kier alpha value is -0.0800. The monoisotopic (exact) mass is 141 g/mol. The van der Waals surface area contributed by atoms with Crippen LogP contribution in [0.4, 0.5) is 0 Å². The maximum absolute atomic E-state index is 5.58. The summed E-state index contributed by atoms with van der Waals surface area (Å²) in [5, 5.41) is 0. The maximum atomic E-state index is 5.58. The van der Waals surface area contributed by atoms with Crippen LogP contribution in [0.1, 0.15) is 13.3 Å². The second kappa shape index (κ2) is 2.51. The van der Waals surface area contributed by atoms with E-state index < -0.39 is 0 Å². The van der Waals surface area contributed by atoms with Crippen LogP contribution in [-0.2, 0) is 4.74 Å². The van der Waals surface area contributed by atoms with Gasteiger partial charge >= 0.3 is 0 Å². The summed E-state index contributed by atoms with van der Waals surface area (Å²) in [7, 11) is 0. The zero-order valence-electron chi connectivity index (χ0n) is 6.55. The first-order valence-corrected chi connectivity index (χ1v) is 4.18. The van der Waals surface area contributed by atoms with Crippen molar-refractivity contribution in [2.45, 2.75) is 19.4 Å². The summed E-state index contributed by atoms with van der Waals surface area (Å²) in [4.78, 5) is 2.52. The highest BCUT2D eigenvalue weighted by Gasteiger charge is 2.28. The van der Waals surface area contributed by atoms with Crippen LogP contribution in [-0.4, -0.2) is 37.2 Å². The molecule has 2 aliphatic heterocycles. The molecule has 2 bridgehead atoms. The average Bonchev–Trinajstić information content (AvgIpc) is 1.85. The van der Waals surface area contributed by atoms with Gasteiger partial charge in [0.1, 0.15) is 0 Å². The third kappa shape index (κ3) is 1.18. The van der Waals surface area contributed by atoms with E-state index in [9.17, 15) is 0 Å². The number of hydrogen-bond donors (Lipinski definition) is 0. The van der Waals surface area contributed by atoms with Crippen molar-refractivity contribution in [2.75, 3.05) is 26.2 Å². The van der Waals surface area contributed by atoms with E-state index in [1.165, 1.54) is 19.5 Å². The third-order valence-electron chi connectivity index (χ3n) is 2.46. The van der Waals surface area contributed by atoms with E-state index in [-0.39, 0.29) is 0 Å². The van der Waals surface area contributed by atoms with Crippen LogP contribution in [0.3, 0.4) is 0 Å². The Morgan fingerprint density at radius 2 is 2.30 bits per heavy atom. The van der Waals surface area contributed by atoms with Crippen molar-refractivity contribution in [3.05, 3.63) is 0 Å². The molecule has 0 radical (unpaired) electrons. The van der Waals surface area contributed by atoms with Crippen LogP contribution in [0.15, 0.2) is 0 Å². The van der Waals surface area contributed by atoms with Gasteiger partial charge in [0.15, 0.2) is 0 Å². The number of piperidine rings is 1. The number of fused-ring (bicyclic) bond motifs is 2. The molecule has 3 atom stereocenters. The van der Waals surface area contributed by atoms with Gasteiger partial charge in [0.25, 0.3) is 0 Å². The normalized spacial score (nSPS) is 47.1. The molecule has 2 heterocycles. The molecule has 0 aliphatic carbocycles. The lowest BCUT2D eigenvalue weighted by atomic mass is 9.97. The van der Waals surface area contributed by atoms with E-state index in [0.717, 1.165) is 19.1 Å². The smallest absolute Gasteiger partial charge is 0.0705 e. The van der Waals surface area contributed by atoms with Crippen LogP contribution < -0.4 is 0 Å². The Bertz CT molecular complexity index is 110. The van der Waals surface area contributed by atoms with Crippen molar-refractivity contribution in [3.8, 4) is 0 Å². The van der Waals surface area contributed by atoms with E-state index in [1.807, 2.05) is 0 Å². The van der Waals surface area contributed by atoms with Crippen molar-refractivity contribution < 1.29 is 4.74 Å². The number of morpholine rings is 1. The first-order chi connectivity index (χ1) is 4.84. The predicted octanol–water partition coefficient (Wildman–Crippen LogP) is 0.727. The average molecular weight is 141 g/mol. The molecule has 2 aliphatic rings. The SMILES string of the molecule is CC1CC2CN(CCO2)C1. The zero-order chi connectivity index (χ0) is 6.97. The highest BCUT2D eigenvalue weighted by Crippen LogP contribution is 2.21. The molecule has 0 saturated carbocycles. The number of ether oxygens (including phenoxy) is 1. The largest absolute Gasteiger partial charge is 0.376 e. The van der Waals surface area contributed by atoms with Gasteiger partial charge in [-0.1, -0.05) is 6.92 Å². The molecule has 2 heteroatoms. The fourth-order valence-electron chi connectivity index (χ4n) is 2.05. The van der Waals surface area contributed by atoms with Crippen LogP contribution >= 0.6 is 0 Å². The summed E-state index contributed by atoms with van der Waals surface area (Å²) < 4.78 is 5.58. The standard InChI is InChI=1S/C8H15NO/c1-7-4-8-6-9(5-7)2-3-10-8/h7-8H,2-6H2,1H3. The minimum Gasteiger partial charge on any atom is -0.376 e. The predicted molar refractivity (Wildman–Crippen MR) is 40.0 cm³/mol. The van der Waals surface area contributed by atoms with E-state index in [0.29, 0.717) is 6.10 Å². The molecule has 0 N–H and O–H groups in total. The van der Waals surface area contributed by atoms with Gasteiger partial charge in [-0.2, -0.15) is 0 Å². The van der Waals surface area contributed by atoms with Crippen molar-refractivity contribution >= 4 is 0 Å². The van der Waals surface area contributed by atoms with Gasteiger partial charge in [-0.3, -0.25) is 4.90 Å². The molecule has 2 saturated heterocycles. The quantitative estimate of drug-likeness (QED) is 0.493. The first-order valence-electron chi connectivity index (χ1n) is 4.18. The highest BCUT2D eigenvalue weighted by atomic mass is 16.5.